The van der Waals surface area contributed by atoms with Crippen molar-refractivity contribution in [3.63, 3.8) is 0 Å². The number of hydrogen-bond acceptors (Lipinski definition) is 3. The second-order valence-corrected chi connectivity index (χ2v) is 7.39. The molecule has 2 unspecified atom stereocenters. The third-order valence-electron chi connectivity index (χ3n) is 4.06. The van der Waals surface area contributed by atoms with Crippen molar-refractivity contribution in [3.05, 3.63) is 14.4 Å². The summed E-state index contributed by atoms with van der Waals surface area (Å²) in [6.45, 7) is 0. The van der Waals surface area contributed by atoms with Crippen LogP contribution in [0.5, 0.6) is 5.06 Å². The summed E-state index contributed by atoms with van der Waals surface area (Å²) in [6, 6.07) is 1.30. The Labute approximate surface area is 126 Å². The van der Waals surface area contributed by atoms with Crippen LogP contribution in [0.3, 0.4) is 0 Å². The summed E-state index contributed by atoms with van der Waals surface area (Å²) in [5, 5.41) is 1.53. The molecule has 1 aromatic rings. The molecule has 2 aliphatic rings. The average Bonchev–Trinajstić information content (AvgIpc) is 2.71. The van der Waals surface area contributed by atoms with E-state index < -0.39 is 0 Å². The highest BCUT2D eigenvalue weighted by Crippen LogP contribution is 2.47. The Morgan fingerprint density at radius 2 is 1.72 bits per heavy atom. The molecule has 0 saturated carbocycles. The smallest absolute Gasteiger partial charge is 0.196 e. The van der Waals surface area contributed by atoms with E-state index in [4.69, 9.17) is 39.5 Å². The molecule has 0 amide bonds. The van der Waals surface area contributed by atoms with Gasteiger partial charge in [0.1, 0.15) is 15.5 Å². The van der Waals surface area contributed by atoms with E-state index in [1.807, 2.05) is 0 Å². The summed E-state index contributed by atoms with van der Waals surface area (Å²) in [7, 11) is 2.21. The highest BCUT2D eigenvalue weighted by atomic mass is 35.5. The Hall–Kier alpha value is 0.330. The maximum atomic E-state index is 6.11. The molecule has 2 bridgehead atoms. The monoisotopic (exact) mass is 325 g/mol. The standard InChI is InChI=1S/C12H14Cl3NOS/c1-16-6-2-3-7(16)5-8(4-6)17-12-10(14)9(13)11(15)18-12/h6-8H,2-5H2,1H3. The highest BCUT2D eigenvalue weighted by molar-refractivity contribution is 7.19. The summed E-state index contributed by atoms with van der Waals surface area (Å²) < 4.78 is 6.51. The number of piperidine rings is 1. The molecule has 2 nitrogen and oxygen atoms in total. The average molecular weight is 327 g/mol. The number of halogens is 3. The van der Waals surface area contributed by atoms with Crippen LogP contribution in [-0.4, -0.2) is 30.1 Å². The lowest BCUT2D eigenvalue weighted by atomic mass is 10.0. The molecule has 0 spiro atoms. The van der Waals surface area contributed by atoms with Crippen molar-refractivity contribution in [2.24, 2.45) is 0 Å². The lowest BCUT2D eigenvalue weighted by Gasteiger charge is -2.36. The normalized spacial score (nSPS) is 31.9. The quantitative estimate of drug-likeness (QED) is 0.780. The zero-order valence-electron chi connectivity index (χ0n) is 9.96. The van der Waals surface area contributed by atoms with Gasteiger partial charge in [0, 0.05) is 12.1 Å². The second-order valence-electron chi connectivity index (χ2n) is 5.05. The van der Waals surface area contributed by atoms with E-state index in [0.717, 1.165) is 12.8 Å². The number of rotatable bonds is 2. The molecule has 18 heavy (non-hydrogen) atoms. The molecule has 3 heterocycles. The fourth-order valence-corrected chi connectivity index (χ4v) is 4.68. The summed E-state index contributed by atoms with van der Waals surface area (Å²) >= 11 is 19.4. The maximum absolute atomic E-state index is 6.11. The molecule has 3 rings (SSSR count). The predicted octanol–water partition coefficient (Wildman–Crippen LogP) is 4.71. The van der Waals surface area contributed by atoms with Gasteiger partial charge in [-0.2, -0.15) is 0 Å². The fraction of sp³-hybridized carbons (Fsp3) is 0.667. The molecule has 0 radical (unpaired) electrons. The van der Waals surface area contributed by atoms with Gasteiger partial charge in [0.25, 0.3) is 0 Å². The van der Waals surface area contributed by atoms with E-state index in [1.165, 1.54) is 24.2 Å². The predicted molar refractivity (Wildman–Crippen MR) is 77.6 cm³/mol. The third-order valence-corrected chi connectivity index (χ3v) is 6.50. The van der Waals surface area contributed by atoms with Gasteiger partial charge in [-0.05, 0) is 32.7 Å². The van der Waals surface area contributed by atoms with Crippen LogP contribution in [-0.2, 0) is 0 Å². The zero-order valence-corrected chi connectivity index (χ0v) is 13.0. The van der Waals surface area contributed by atoms with Gasteiger partial charge in [-0.1, -0.05) is 46.1 Å². The van der Waals surface area contributed by atoms with Crippen molar-refractivity contribution in [1.82, 2.24) is 4.90 Å². The van der Waals surface area contributed by atoms with Crippen LogP contribution in [0.15, 0.2) is 0 Å². The van der Waals surface area contributed by atoms with Gasteiger partial charge >= 0.3 is 0 Å². The van der Waals surface area contributed by atoms with Gasteiger partial charge < -0.3 is 9.64 Å². The summed E-state index contributed by atoms with van der Waals surface area (Å²) in [5.41, 5.74) is 0. The van der Waals surface area contributed by atoms with Crippen LogP contribution >= 0.6 is 46.1 Å². The summed E-state index contributed by atoms with van der Waals surface area (Å²) in [6.07, 6.45) is 4.93. The van der Waals surface area contributed by atoms with Crippen LogP contribution < -0.4 is 4.74 Å². The number of ether oxygens (including phenoxy) is 1. The topological polar surface area (TPSA) is 12.5 Å². The number of fused-ring (bicyclic) bond motifs is 2. The Kier molecular flexibility index (Phi) is 3.72. The molecule has 0 aromatic carbocycles. The Morgan fingerprint density at radius 3 is 2.22 bits per heavy atom. The van der Waals surface area contributed by atoms with Gasteiger partial charge in [-0.25, -0.2) is 0 Å². The largest absolute Gasteiger partial charge is 0.479 e. The molecule has 0 N–H and O–H groups in total. The summed E-state index contributed by atoms with van der Waals surface area (Å²) in [4.78, 5) is 2.48. The van der Waals surface area contributed by atoms with Crippen molar-refractivity contribution in [3.8, 4) is 5.06 Å². The minimum atomic E-state index is 0.238. The van der Waals surface area contributed by atoms with Gasteiger partial charge in [0.2, 0.25) is 0 Å². The van der Waals surface area contributed by atoms with Crippen molar-refractivity contribution in [1.29, 1.82) is 0 Å². The molecular formula is C12H14Cl3NOS. The first-order chi connectivity index (χ1) is 8.56. The second kappa shape index (κ2) is 5.02. The highest BCUT2D eigenvalue weighted by Gasteiger charge is 2.39. The first-order valence-electron chi connectivity index (χ1n) is 6.08. The molecule has 100 valence electrons. The van der Waals surface area contributed by atoms with E-state index in [1.54, 1.807) is 0 Å². The third kappa shape index (κ3) is 2.25. The molecular weight excluding hydrogens is 313 g/mol. The van der Waals surface area contributed by atoms with E-state index >= 15 is 0 Å². The number of nitrogens with zero attached hydrogens (tertiary/aromatic N) is 1. The van der Waals surface area contributed by atoms with Crippen molar-refractivity contribution in [2.45, 2.75) is 43.9 Å². The Balaban J connectivity index is 1.72. The van der Waals surface area contributed by atoms with Gasteiger partial charge in [-0.15, -0.1) is 0 Å². The van der Waals surface area contributed by atoms with E-state index in [-0.39, 0.29) is 6.10 Å². The Morgan fingerprint density at radius 1 is 1.11 bits per heavy atom. The first kappa shape index (κ1) is 13.3. The Bertz CT molecular complexity index is 450. The molecule has 2 saturated heterocycles. The number of thiophene rings is 1. The van der Waals surface area contributed by atoms with Crippen molar-refractivity contribution < 1.29 is 4.74 Å². The molecule has 2 atom stereocenters. The van der Waals surface area contributed by atoms with Crippen molar-refractivity contribution in [2.75, 3.05) is 7.05 Å². The van der Waals surface area contributed by atoms with Gasteiger partial charge in [0.05, 0.1) is 5.02 Å². The first-order valence-corrected chi connectivity index (χ1v) is 8.03. The van der Waals surface area contributed by atoms with Crippen LogP contribution in [0.1, 0.15) is 25.7 Å². The minimum Gasteiger partial charge on any atom is -0.479 e. The molecule has 6 heteroatoms. The zero-order chi connectivity index (χ0) is 12.9. The molecule has 2 fully saturated rings. The van der Waals surface area contributed by atoms with E-state index in [9.17, 15) is 0 Å². The lowest BCUT2D eigenvalue weighted by molar-refractivity contribution is 0.0686. The van der Waals surface area contributed by atoms with E-state index in [2.05, 4.69) is 11.9 Å². The van der Waals surface area contributed by atoms with Crippen LogP contribution in [0, 0.1) is 0 Å². The molecule has 2 aliphatic heterocycles. The maximum Gasteiger partial charge on any atom is 0.196 e. The SMILES string of the molecule is CN1C2CCC1CC(Oc1sc(Cl)c(Cl)c1Cl)C2. The van der Waals surface area contributed by atoms with Crippen LogP contribution in [0.25, 0.3) is 0 Å². The number of hydrogen-bond donors (Lipinski definition) is 0. The summed E-state index contributed by atoms with van der Waals surface area (Å²) in [5.74, 6) is 0. The molecule has 1 aromatic heterocycles. The van der Waals surface area contributed by atoms with Crippen LogP contribution in [0.2, 0.25) is 14.4 Å². The lowest BCUT2D eigenvalue weighted by Crippen LogP contribution is -2.43. The van der Waals surface area contributed by atoms with Crippen molar-refractivity contribution >= 4 is 46.1 Å². The minimum absolute atomic E-state index is 0.238. The van der Waals surface area contributed by atoms with Crippen LogP contribution in [0.4, 0.5) is 0 Å². The van der Waals surface area contributed by atoms with E-state index in [0.29, 0.717) is 31.5 Å². The van der Waals surface area contributed by atoms with Gasteiger partial charge in [0.15, 0.2) is 5.06 Å². The molecule has 0 aliphatic carbocycles. The van der Waals surface area contributed by atoms with Gasteiger partial charge in [-0.3, -0.25) is 0 Å². The fourth-order valence-electron chi connectivity index (χ4n) is 3.03.